The Hall–Kier alpha value is -15.6. The van der Waals surface area contributed by atoms with Crippen molar-refractivity contribution in [1.29, 1.82) is 0 Å². The molecule has 0 bridgehead atoms. The first-order valence-corrected chi connectivity index (χ1v) is 43.1. The van der Waals surface area contributed by atoms with Gasteiger partial charge in [0, 0.05) is 33.2 Å². The Morgan fingerprint density at radius 3 is 1.10 bits per heavy atom. The Morgan fingerprint density at radius 2 is 0.730 bits per heavy atom. The molecule has 122 heavy (non-hydrogen) atoms. The lowest BCUT2D eigenvalue weighted by molar-refractivity contribution is 0.102. The van der Waals surface area contributed by atoms with Gasteiger partial charge < -0.3 is 49.9 Å². The van der Waals surface area contributed by atoms with Crippen molar-refractivity contribution in [3.63, 3.8) is 0 Å². The summed E-state index contributed by atoms with van der Waals surface area (Å²) < 4.78 is 62.1. The van der Waals surface area contributed by atoms with Crippen molar-refractivity contribution in [2.24, 2.45) is 0 Å². The molecule has 612 valence electrons. The maximum absolute atomic E-state index is 12.4. The van der Waals surface area contributed by atoms with Gasteiger partial charge in [-0.2, -0.15) is 59.5 Å². The quantitative estimate of drug-likeness (QED) is 0.0358. The fraction of sp³-hybridized carbons (Fsp3) is 0.0513. The Balaban J connectivity index is 0.000000118. The van der Waals surface area contributed by atoms with Crippen LogP contribution in [0.1, 0.15) is 39.8 Å². The number of rotatable bonds is 19. The molecule has 0 aliphatic rings. The molecule has 19 aromatic rings. The minimum absolute atomic E-state index is 0.0994. The molecular weight excluding hydrogens is 1680 g/mol. The molecule has 0 saturated carbocycles. The minimum Gasteiger partial charge on any atom is -0.383 e. The molecule has 14 aromatic heterocycles. The number of thiophene rings is 4. The van der Waals surface area contributed by atoms with E-state index in [1.54, 1.807) is 143 Å². The van der Waals surface area contributed by atoms with Crippen LogP contribution in [-0.2, 0) is 20.0 Å². The molecule has 0 aliphatic carbocycles. The number of benzene rings is 5. The molecule has 0 radical (unpaired) electrons. The van der Waals surface area contributed by atoms with Gasteiger partial charge in [0.05, 0.1) is 125 Å². The fourth-order valence-electron chi connectivity index (χ4n) is 11.8. The van der Waals surface area contributed by atoms with E-state index in [1.807, 2.05) is 107 Å². The Bertz CT molecular complexity index is 7020. The topological polar surface area (TPSA) is 540 Å². The van der Waals surface area contributed by atoms with E-state index >= 15 is 0 Å². The number of aromatic nitrogens is 20. The summed E-state index contributed by atoms with van der Waals surface area (Å²) in [6.07, 6.45) is 16.4. The van der Waals surface area contributed by atoms with Gasteiger partial charge in [-0.25, -0.2) is 94.9 Å². The molecule has 14 heterocycles. The van der Waals surface area contributed by atoms with E-state index in [4.69, 9.17) is 28.7 Å². The van der Waals surface area contributed by atoms with Gasteiger partial charge in [0.1, 0.15) is 60.7 Å². The third-order valence-corrected chi connectivity index (χ3v) is 23.4. The molecule has 44 heteroatoms. The van der Waals surface area contributed by atoms with E-state index < -0.39 is 20.0 Å². The van der Waals surface area contributed by atoms with Crippen LogP contribution in [0.25, 0.3) is 83.6 Å². The van der Waals surface area contributed by atoms with Crippen LogP contribution in [0.2, 0.25) is 0 Å². The molecule has 4 amide bonds. The van der Waals surface area contributed by atoms with Crippen molar-refractivity contribution in [3.05, 3.63) is 262 Å². The standard InChI is InChI=1S/C16H13N7OS.2C16H12N6OS.C15H12N6O2S2.C15H18N6O2S/c17-14-13-7-20-23(15(13)19-9-18-14)12-3-1-2-10(6-12)21-16(24)22-11-4-5-25-8-11;17-14-12-8-20-22(15(12)19-9-18-14)11-4-1-3-10(7-11)21-16(23)13-5-2-6-24-13;17-14-13-7-20-22(15(13)19-9-18-14)12-3-1-2-11(6-12)21-16(23)10-4-5-24-8-10;16-14-13-7-19-21(15(13)18-9-17-14)11-3-1-2-10(6-11)20-25(22,23)12-4-5-24-8-12;1-2-3-7-24(22,23)20-11-5-4-6-12(8-11)21-15-13(9-19-21)14(16)17-10-18-15/h1-9H,(H2,17,18,19)(H2,21,22,24);2*1-9H,(H,21,23)(H2,17,18,19);1-9,20H,(H2,16,17,18);4-6,8-10,20H,2-3,7H2,1H3,(H2,16,17,18). The number of unbranched alkanes of at least 4 members (excludes halogenated alkanes) is 1. The van der Waals surface area contributed by atoms with Crippen molar-refractivity contribution < 1.29 is 31.2 Å². The molecule has 0 saturated heterocycles. The molecule has 0 spiro atoms. The smallest absolute Gasteiger partial charge is 0.323 e. The fourth-order valence-corrected chi connectivity index (χ4v) is 17.0. The third-order valence-electron chi connectivity index (χ3n) is 17.6. The van der Waals surface area contributed by atoms with Crippen LogP contribution in [0.15, 0.2) is 257 Å². The van der Waals surface area contributed by atoms with Gasteiger partial charge >= 0.3 is 6.03 Å². The van der Waals surface area contributed by atoms with E-state index in [9.17, 15) is 31.2 Å². The Morgan fingerprint density at radius 1 is 0.369 bits per heavy atom. The molecular formula is C78H67N31O7S6. The Labute approximate surface area is 707 Å². The predicted octanol–water partition coefficient (Wildman–Crippen LogP) is 12.7. The molecule has 0 unspecified atom stereocenters. The summed E-state index contributed by atoms with van der Waals surface area (Å²) >= 11 is 5.71. The highest BCUT2D eigenvalue weighted by Gasteiger charge is 2.20. The molecule has 0 atom stereocenters. The van der Waals surface area contributed by atoms with E-state index in [2.05, 4.69) is 106 Å². The average Bonchev–Trinajstić information content (AvgIpc) is 1.65. The summed E-state index contributed by atoms with van der Waals surface area (Å²) in [6.45, 7) is 1.95. The van der Waals surface area contributed by atoms with Gasteiger partial charge in [0.15, 0.2) is 28.2 Å². The predicted molar refractivity (Wildman–Crippen MR) is 474 cm³/mol. The molecule has 19 rings (SSSR count). The zero-order valence-electron chi connectivity index (χ0n) is 63.5. The lowest BCUT2D eigenvalue weighted by atomic mass is 10.2. The van der Waals surface area contributed by atoms with Gasteiger partial charge in [-0.15, -0.1) is 11.3 Å². The highest BCUT2D eigenvalue weighted by Crippen LogP contribution is 2.30. The molecule has 0 aliphatic heterocycles. The average molecular weight is 1740 g/mol. The van der Waals surface area contributed by atoms with Crippen LogP contribution < -0.4 is 59.4 Å². The van der Waals surface area contributed by atoms with Crippen LogP contribution in [0.3, 0.4) is 0 Å². The summed E-state index contributed by atoms with van der Waals surface area (Å²) in [5.74, 6) is 1.64. The summed E-state index contributed by atoms with van der Waals surface area (Å²) in [6, 6.07) is 44.4. The number of sulfonamides is 2. The van der Waals surface area contributed by atoms with Crippen LogP contribution in [0.4, 0.5) is 68.0 Å². The third kappa shape index (κ3) is 19.0. The highest BCUT2D eigenvalue weighted by atomic mass is 32.2. The first-order chi connectivity index (χ1) is 59.2. The van der Waals surface area contributed by atoms with Crippen LogP contribution in [-0.4, -0.2) is 139 Å². The van der Waals surface area contributed by atoms with Gasteiger partial charge in [-0.3, -0.25) is 19.0 Å². The summed E-state index contributed by atoms with van der Waals surface area (Å²) in [5.41, 5.74) is 40.0. The number of carbonyl (C=O) groups is 3. The molecule has 38 nitrogen and oxygen atoms in total. The van der Waals surface area contributed by atoms with Gasteiger partial charge in [-0.1, -0.05) is 49.7 Å². The second-order valence-electron chi connectivity index (χ2n) is 25.8. The molecule has 5 aromatic carbocycles. The van der Waals surface area contributed by atoms with Crippen LogP contribution in [0.5, 0.6) is 0 Å². The first kappa shape index (κ1) is 81.5. The summed E-state index contributed by atoms with van der Waals surface area (Å²) in [7, 11) is -6.98. The zero-order chi connectivity index (χ0) is 84.9. The maximum Gasteiger partial charge on any atom is 0.323 e. The number of fused-ring (bicyclic) bond motifs is 5. The van der Waals surface area contributed by atoms with Crippen molar-refractivity contribution >= 4 is 202 Å². The second kappa shape index (κ2) is 36.5. The highest BCUT2D eigenvalue weighted by molar-refractivity contribution is 7.93. The van der Waals surface area contributed by atoms with Crippen molar-refractivity contribution in [2.45, 2.75) is 24.7 Å². The number of nitrogens with two attached hydrogens (primary N) is 5. The van der Waals surface area contributed by atoms with Crippen LogP contribution in [0, 0.1) is 0 Å². The molecule has 0 fully saturated rings. The number of nitrogens with one attached hydrogen (secondary N) is 6. The number of amides is 4. The number of hydrogen-bond acceptors (Lipinski definition) is 31. The van der Waals surface area contributed by atoms with Gasteiger partial charge in [0.2, 0.25) is 10.0 Å². The van der Waals surface area contributed by atoms with E-state index in [-0.39, 0.29) is 28.5 Å². The van der Waals surface area contributed by atoms with Gasteiger partial charge in [0.25, 0.3) is 21.8 Å². The number of hydrogen-bond donors (Lipinski definition) is 11. The molecule has 16 N–H and O–H groups in total. The van der Waals surface area contributed by atoms with Crippen molar-refractivity contribution in [2.75, 3.05) is 65.1 Å². The van der Waals surface area contributed by atoms with Crippen LogP contribution >= 0.6 is 45.3 Å². The summed E-state index contributed by atoms with van der Waals surface area (Å²) in [5, 5.41) is 48.7. The summed E-state index contributed by atoms with van der Waals surface area (Å²) in [4.78, 5) is 78.1. The number of carbonyl (C=O) groups excluding carboxylic acids is 3. The maximum atomic E-state index is 12.4. The largest absolute Gasteiger partial charge is 0.383 e. The lowest BCUT2D eigenvalue weighted by Crippen LogP contribution is -2.19. The van der Waals surface area contributed by atoms with E-state index in [0.29, 0.717) is 141 Å². The van der Waals surface area contributed by atoms with Crippen molar-refractivity contribution in [1.82, 2.24) is 98.7 Å². The number of urea groups is 1. The van der Waals surface area contributed by atoms with E-state index in [0.717, 1.165) is 29.2 Å². The number of anilines is 11. The number of nitrogen functional groups attached to an aromatic ring is 5. The number of nitrogens with zero attached hydrogens (tertiary/aromatic N) is 20. The zero-order valence-corrected chi connectivity index (χ0v) is 68.4. The first-order valence-electron chi connectivity index (χ1n) is 36.3. The van der Waals surface area contributed by atoms with Crippen molar-refractivity contribution in [3.8, 4) is 28.4 Å². The Kier molecular flexibility index (Phi) is 24.4. The minimum atomic E-state index is -3.62. The lowest BCUT2D eigenvalue weighted by Gasteiger charge is -2.09. The second-order valence-corrected chi connectivity index (χ2v) is 32.7. The normalized spacial score (nSPS) is 11.2. The monoisotopic (exact) mass is 1740 g/mol. The van der Waals surface area contributed by atoms with E-state index in [1.165, 1.54) is 77.0 Å². The van der Waals surface area contributed by atoms with Gasteiger partial charge in [-0.05, 0) is 143 Å². The SMILES string of the molecule is CCCCS(=O)(=O)Nc1cccc(-n2ncc3c(N)ncnc32)c1.Nc1ncnc2c1cnn2-c1cccc(NC(=O)Nc2ccsc2)c1.Nc1ncnc2c1cnn2-c1cccc(NC(=O)c2cccs2)c1.Nc1ncnc2c1cnn2-c1cccc(NC(=O)c2ccsc2)c1.Nc1ncnc2c1cnn2-c1cccc(NS(=O)(=O)c2ccsc2)c1.